The van der Waals surface area contributed by atoms with Crippen molar-refractivity contribution >= 4 is 33.6 Å². The summed E-state index contributed by atoms with van der Waals surface area (Å²) < 4.78 is 26.5. The van der Waals surface area contributed by atoms with E-state index in [-0.39, 0.29) is 5.25 Å². The van der Waals surface area contributed by atoms with E-state index in [0.717, 1.165) is 24.0 Å². The van der Waals surface area contributed by atoms with Crippen LogP contribution >= 0.6 is 0 Å². The first kappa shape index (κ1) is 16.6. The molecule has 3 rings (SSSR count). The molecule has 2 aromatic carbocycles. The van der Waals surface area contributed by atoms with Gasteiger partial charge < -0.3 is 4.90 Å². The smallest absolute Gasteiger partial charge is 0.235 e. The van der Waals surface area contributed by atoms with Gasteiger partial charge in [0.25, 0.3) is 0 Å². The van der Waals surface area contributed by atoms with Crippen LogP contribution < -0.4 is 9.62 Å². The number of sulfonamides is 1. The predicted molar refractivity (Wildman–Crippen MR) is 102 cm³/mol. The van der Waals surface area contributed by atoms with E-state index in [0.29, 0.717) is 5.69 Å². The van der Waals surface area contributed by atoms with E-state index in [1.165, 1.54) is 5.69 Å². The lowest BCUT2D eigenvalue weighted by molar-refractivity contribution is 0.600. The van der Waals surface area contributed by atoms with Crippen LogP contribution in [-0.2, 0) is 10.0 Å². The molecule has 0 bridgehead atoms. The van der Waals surface area contributed by atoms with Crippen LogP contribution in [0.15, 0.2) is 48.5 Å². The SMILES string of the molecule is CN(C)c1ccc(/C=C/c2ccc(NS(=O)(=O)C3CC3)cc2)cc1. The molecule has 4 nitrogen and oxygen atoms in total. The summed E-state index contributed by atoms with van der Waals surface area (Å²) in [5, 5.41) is -0.206. The van der Waals surface area contributed by atoms with Crippen molar-refractivity contribution in [1.82, 2.24) is 0 Å². The van der Waals surface area contributed by atoms with Gasteiger partial charge in [-0.15, -0.1) is 0 Å². The van der Waals surface area contributed by atoms with Crippen molar-refractivity contribution in [3.63, 3.8) is 0 Å². The van der Waals surface area contributed by atoms with Gasteiger partial charge in [0, 0.05) is 25.5 Å². The Morgan fingerprint density at radius 2 is 1.42 bits per heavy atom. The molecule has 0 heterocycles. The van der Waals surface area contributed by atoms with Crippen molar-refractivity contribution in [2.45, 2.75) is 18.1 Å². The summed E-state index contributed by atoms with van der Waals surface area (Å²) in [4.78, 5) is 2.06. The maximum atomic E-state index is 11.9. The quantitative estimate of drug-likeness (QED) is 0.812. The lowest BCUT2D eigenvalue weighted by Gasteiger charge is -2.11. The van der Waals surface area contributed by atoms with Crippen LogP contribution in [0.5, 0.6) is 0 Å². The molecule has 0 radical (unpaired) electrons. The van der Waals surface area contributed by atoms with Gasteiger partial charge >= 0.3 is 0 Å². The Morgan fingerprint density at radius 1 is 0.917 bits per heavy atom. The van der Waals surface area contributed by atoms with E-state index >= 15 is 0 Å². The third-order valence-electron chi connectivity index (χ3n) is 4.01. The molecular weight excluding hydrogens is 320 g/mol. The lowest BCUT2D eigenvalue weighted by Crippen LogP contribution is -2.17. The Labute approximate surface area is 143 Å². The van der Waals surface area contributed by atoms with Crippen molar-refractivity contribution in [1.29, 1.82) is 0 Å². The maximum absolute atomic E-state index is 11.9. The second-order valence-corrected chi connectivity index (χ2v) is 8.25. The van der Waals surface area contributed by atoms with Crippen molar-refractivity contribution in [3.05, 3.63) is 59.7 Å². The third-order valence-corrected chi connectivity index (χ3v) is 5.88. The van der Waals surface area contributed by atoms with E-state index in [1.807, 2.05) is 38.4 Å². The van der Waals surface area contributed by atoms with Crippen LogP contribution in [0.1, 0.15) is 24.0 Å². The molecule has 2 aromatic rings. The number of nitrogens with one attached hydrogen (secondary N) is 1. The normalized spacial score (nSPS) is 14.8. The van der Waals surface area contributed by atoms with Gasteiger partial charge in [-0.3, -0.25) is 4.72 Å². The van der Waals surface area contributed by atoms with Crippen LogP contribution in [0, 0.1) is 0 Å². The van der Waals surface area contributed by atoms with Gasteiger partial charge in [-0.1, -0.05) is 36.4 Å². The molecule has 24 heavy (non-hydrogen) atoms. The molecule has 1 fully saturated rings. The molecule has 0 aromatic heterocycles. The summed E-state index contributed by atoms with van der Waals surface area (Å²) in [6.07, 6.45) is 5.60. The van der Waals surface area contributed by atoms with Crippen LogP contribution in [0.4, 0.5) is 11.4 Å². The Kier molecular flexibility index (Phi) is 4.62. The average molecular weight is 342 g/mol. The van der Waals surface area contributed by atoms with Crippen molar-refractivity contribution in [2.75, 3.05) is 23.7 Å². The van der Waals surface area contributed by atoms with E-state index in [2.05, 4.69) is 33.9 Å². The summed E-state index contributed by atoms with van der Waals surface area (Å²) in [7, 11) is 0.844. The fourth-order valence-electron chi connectivity index (χ4n) is 2.36. The monoisotopic (exact) mass is 342 g/mol. The molecule has 1 saturated carbocycles. The molecule has 0 atom stereocenters. The molecule has 126 valence electrons. The fraction of sp³-hybridized carbons (Fsp3) is 0.263. The Morgan fingerprint density at radius 3 is 1.88 bits per heavy atom. The van der Waals surface area contributed by atoms with Gasteiger partial charge in [0.15, 0.2) is 0 Å². The summed E-state index contributed by atoms with van der Waals surface area (Å²) in [6, 6.07) is 15.7. The van der Waals surface area contributed by atoms with Crippen molar-refractivity contribution in [3.8, 4) is 0 Å². The number of anilines is 2. The zero-order valence-electron chi connectivity index (χ0n) is 13.9. The number of hydrogen-bond acceptors (Lipinski definition) is 3. The Bertz CT molecular complexity index is 819. The Hall–Kier alpha value is -2.27. The molecule has 0 aliphatic heterocycles. The van der Waals surface area contributed by atoms with E-state index < -0.39 is 10.0 Å². The van der Waals surface area contributed by atoms with Gasteiger partial charge in [0.05, 0.1) is 5.25 Å². The Balaban J connectivity index is 1.65. The molecule has 1 aliphatic rings. The van der Waals surface area contributed by atoms with Gasteiger partial charge in [-0.25, -0.2) is 8.42 Å². The first-order valence-corrected chi connectivity index (χ1v) is 9.56. The molecule has 0 spiro atoms. The van der Waals surface area contributed by atoms with Gasteiger partial charge in [0.1, 0.15) is 0 Å². The fourth-order valence-corrected chi connectivity index (χ4v) is 3.75. The first-order valence-electron chi connectivity index (χ1n) is 8.01. The van der Waals surface area contributed by atoms with E-state index in [4.69, 9.17) is 0 Å². The first-order chi connectivity index (χ1) is 11.4. The maximum Gasteiger partial charge on any atom is 0.235 e. The zero-order valence-corrected chi connectivity index (χ0v) is 14.8. The van der Waals surface area contributed by atoms with Crippen LogP contribution in [-0.4, -0.2) is 27.8 Å². The summed E-state index contributed by atoms with van der Waals surface area (Å²) in [6.45, 7) is 0. The highest BCUT2D eigenvalue weighted by Gasteiger charge is 2.35. The van der Waals surface area contributed by atoms with Crippen LogP contribution in [0.3, 0.4) is 0 Å². The topological polar surface area (TPSA) is 49.4 Å². The number of nitrogens with zero attached hydrogens (tertiary/aromatic N) is 1. The average Bonchev–Trinajstić information content (AvgIpc) is 3.40. The minimum atomic E-state index is -3.19. The summed E-state index contributed by atoms with van der Waals surface area (Å²) in [5.74, 6) is 0. The predicted octanol–water partition coefficient (Wildman–Crippen LogP) is 3.83. The summed E-state index contributed by atoms with van der Waals surface area (Å²) >= 11 is 0. The van der Waals surface area contributed by atoms with Crippen molar-refractivity contribution < 1.29 is 8.42 Å². The second-order valence-electron chi connectivity index (χ2n) is 6.29. The third kappa shape index (κ3) is 4.17. The highest BCUT2D eigenvalue weighted by molar-refractivity contribution is 7.93. The lowest BCUT2D eigenvalue weighted by atomic mass is 10.1. The molecular formula is C19H22N2O2S. The number of rotatable bonds is 6. The second kappa shape index (κ2) is 6.69. The summed E-state index contributed by atoms with van der Waals surface area (Å²) in [5.41, 5.74) is 3.94. The molecule has 0 unspecified atom stereocenters. The largest absolute Gasteiger partial charge is 0.378 e. The number of hydrogen-bond donors (Lipinski definition) is 1. The molecule has 0 amide bonds. The van der Waals surface area contributed by atoms with Crippen LogP contribution in [0.25, 0.3) is 12.2 Å². The standard InChI is InChI=1S/C19H22N2O2S/c1-21(2)18-11-7-16(8-12-18)4-3-15-5-9-17(10-6-15)20-24(22,23)19-13-14-19/h3-12,19-20H,13-14H2,1-2H3/b4-3+. The van der Waals surface area contributed by atoms with E-state index in [9.17, 15) is 8.42 Å². The van der Waals surface area contributed by atoms with Crippen LogP contribution in [0.2, 0.25) is 0 Å². The van der Waals surface area contributed by atoms with Gasteiger partial charge in [-0.2, -0.15) is 0 Å². The highest BCUT2D eigenvalue weighted by atomic mass is 32.2. The minimum Gasteiger partial charge on any atom is -0.378 e. The number of benzene rings is 2. The minimum absolute atomic E-state index is 0.206. The molecule has 5 heteroatoms. The molecule has 1 N–H and O–H groups in total. The van der Waals surface area contributed by atoms with Gasteiger partial charge in [0.2, 0.25) is 10.0 Å². The molecule has 1 aliphatic carbocycles. The highest BCUT2D eigenvalue weighted by Crippen LogP contribution is 2.29. The zero-order chi connectivity index (χ0) is 17.2. The molecule has 0 saturated heterocycles. The van der Waals surface area contributed by atoms with E-state index in [1.54, 1.807) is 12.1 Å². The van der Waals surface area contributed by atoms with Gasteiger partial charge in [-0.05, 0) is 48.2 Å². The van der Waals surface area contributed by atoms with Crippen molar-refractivity contribution in [2.24, 2.45) is 0 Å².